The molecule has 2 nitrogen and oxygen atoms in total. The molecule has 8 atom stereocenters. The molecule has 4 aliphatic carbocycles. The van der Waals surface area contributed by atoms with Gasteiger partial charge in [0.05, 0.1) is 6.10 Å². The summed E-state index contributed by atoms with van der Waals surface area (Å²) in [6.45, 7) is 4.67. The summed E-state index contributed by atoms with van der Waals surface area (Å²) in [4.78, 5) is 0. The number of hydrogen-bond donors (Lipinski definition) is 2. The van der Waals surface area contributed by atoms with E-state index in [9.17, 15) is 9.50 Å². The van der Waals surface area contributed by atoms with Crippen molar-refractivity contribution in [2.45, 2.75) is 64.3 Å². The second-order valence-electron chi connectivity index (χ2n) is 8.80. The van der Waals surface area contributed by atoms with E-state index in [1.54, 1.807) is 0 Å². The molecular weight excluding hydrogens is 289 g/mol. The molecule has 23 heavy (non-hydrogen) atoms. The Balaban J connectivity index is 1.68. The van der Waals surface area contributed by atoms with E-state index in [1.165, 1.54) is 12.0 Å². The number of aliphatic hydroxyl groups is 1. The zero-order chi connectivity index (χ0) is 16.4. The number of nitrogens with one attached hydrogen (secondary N) is 1. The average Bonchev–Trinajstić information content (AvgIpc) is 2.77. The fourth-order valence-corrected chi connectivity index (χ4v) is 6.80. The van der Waals surface area contributed by atoms with Crippen molar-refractivity contribution in [3.05, 3.63) is 23.8 Å². The van der Waals surface area contributed by atoms with Crippen LogP contribution in [0.2, 0.25) is 0 Å². The SMILES string of the molecule is CNC1C(F)C[C@H]2[C@@H]3CCC4=CC(O)C=C[C@]4(C)[C@@H]3CC[C@]12C. The summed E-state index contributed by atoms with van der Waals surface area (Å²) in [5.41, 5.74) is 1.59. The molecule has 128 valence electrons. The lowest BCUT2D eigenvalue weighted by molar-refractivity contribution is -0.0257. The van der Waals surface area contributed by atoms with E-state index >= 15 is 0 Å². The predicted molar refractivity (Wildman–Crippen MR) is 90.7 cm³/mol. The van der Waals surface area contributed by atoms with Gasteiger partial charge in [0.2, 0.25) is 0 Å². The smallest absolute Gasteiger partial charge is 0.116 e. The van der Waals surface area contributed by atoms with Crippen LogP contribution in [0.25, 0.3) is 0 Å². The minimum Gasteiger partial charge on any atom is -0.385 e. The Bertz CT molecular complexity index is 558. The van der Waals surface area contributed by atoms with Gasteiger partial charge in [-0.1, -0.05) is 37.6 Å². The predicted octanol–water partition coefficient (Wildman–Crippen LogP) is 3.62. The van der Waals surface area contributed by atoms with Crippen molar-refractivity contribution >= 4 is 0 Å². The largest absolute Gasteiger partial charge is 0.385 e. The molecule has 0 aliphatic heterocycles. The van der Waals surface area contributed by atoms with E-state index in [-0.39, 0.29) is 16.9 Å². The number of halogens is 1. The van der Waals surface area contributed by atoms with E-state index in [0.717, 1.165) is 25.7 Å². The van der Waals surface area contributed by atoms with Crippen molar-refractivity contribution in [1.82, 2.24) is 5.32 Å². The number of alkyl halides is 1. The van der Waals surface area contributed by atoms with Crippen LogP contribution in [-0.4, -0.2) is 30.5 Å². The van der Waals surface area contributed by atoms with Gasteiger partial charge in [0, 0.05) is 11.5 Å². The Kier molecular flexibility index (Phi) is 3.55. The Morgan fingerprint density at radius 1 is 1.26 bits per heavy atom. The highest BCUT2D eigenvalue weighted by Crippen LogP contribution is 2.64. The molecule has 0 saturated heterocycles. The summed E-state index contributed by atoms with van der Waals surface area (Å²) in [5.74, 6) is 1.71. The summed E-state index contributed by atoms with van der Waals surface area (Å²) in [5, 5.41) is 13.2. The molecule has 0 amide bonds. The van der Waals surface area contributed by atoms with Crippen LogP contribution in [0.15, 0.2) is 23.8 Å². The zero-order valence-corrected chi connectivity index (χ0v) is 14.6. The standard InChI is InChI=1S/C20H30FNO/c1-19-8-6-13(23)10-12(19)4-5-14-15(19)7-9-20(2)16(14)11-17(21)18(20)22-3/h6,8,10,13-18,22-23H,4-5,7,9,11H2,1-3H3/t13?,14-,15-,16+,17?,18?,19+,20+/m1/s1. The summed E-state index contributed by atoms with van der Waals surface area (Å²) >= 11 is 0. The number of aliphatic hydroxyl groups excluding tert-OH is 1. The van der Waals surface area contributed by atoms with Gasteiger partial charge in [0.25, 0.3) is 0 Å². The molecule has 3 unspecified atom stereocenters. The fourth-order valence-electron chi connectivity index (χ4n) is 6.80. The van der Waals surface area contributed by atoms with Gasteiger partial charge in [-0.05, 0) is 62.3 Å². The Labute approximate surface area is 139 Å². The maximum atomic E-state index is 14.7. The summed E-state index contributed by atoms with van der Waals surface area (Å²) in [6.07, 6.45) is 10.4. The van der Waals surface area contributed by atoms with Crippen molar-refractivity contribution in [2.24, 2.45) is 28.6 Å². The first-order chi connectivity index (χ1) is 10.9. The van der Waals surface area contributed by atoms with Crippen LogP contribution in [0.5, 0.6) is 0 Å². The number of fused-ring (bicyclic) bond motifs is 5. The number of allylic oxidation sites excluding steroid dienone is 2. The van der Waals surface area contributed by atoms with Crippen LogP contribution in [0, 0.1) is 28.6 Å². The monoisotopic (exact) mass is 319 g/mol. The third-order valence-corrected chi connectivity index (χ3v) is 7.96. The van der Waals surface area contributed by atoms with Gasteiger partial charge in [-0.25, -0.2) is 4.39 Å². The van der Waals surface area contributed by atoms with Gasteiger partial charge in [-0.3, -0.25) is 0 Å². The molecular formula is C20H30FNO. The van der Waals surface area contributed by atoms with Crippen molar-refractivity contribution in [1.29, 1.82) is 0 Å². The van der Waals surface area contributed by atoms with Crippen LogP contribution in [0.3, 0.4) is 0 Å². The van der Waals surface area contributed by atoms with Gasteiger partial charge in [-0.2, -0.15) is 0 Å². The van der Waals surface area contributed by atoms with Gasteiger partial charge in [0.1, 0.15) is 6.17 Å². The fraction of sp³-hybridized carbons (Fsp3) is 0.800. The summed E-state index contributed by atoms with van der Waals surface area (Å²) in [7, 11) is 1.92. The lowest BCUT2D eigenvalue weighted by atomic mass is 9.48. The first-order valence-electron chi connectivity index (χ1n) is 9.30. The first kappa shape index (κ1) is 15.8. The van der Waals surface area contributed by atoms with Crippen LogP contribution < -0.4 is 5.32 Å². The van der Waals surface area contributed by atoms with Crippen LogP contribution in [-0.2, 0) is 0 Å². The summed E-state index contributed by atoms with van der Waals surface area (Å²) in [6, 6.07) is 0.0157. The minimum atomic E-state index is -0.706. The lowest BCUT2D eigenvalue weighted by Gasteiger charge is -2.57. The van der Waals surface area contributed by atoms with Gasteiger partial charge in [0.15, 0.2) is 0 Å². The van der Waals surface area contributed by atoms with E-state index in [1.807, 2.05) is 13.1 Å². The van der Waals surface area contributed by atoms with Crippen molar-refractivity contribution in [3.8, 4) is 0 Å². The Morgan fingerprint density at radius 3 is 2.78 bits per heavy atom. The first-order valence-corrected chi connectivity index (χ1v) is 9.30. The highest BCUT2D eigenvalue weighted by molar-refractivity contribution is 5.33. The van der Waals surface area contributed by atoms with E-state index in [0.29, 0.717) is 17.8 Å². The second kappa shape index (κ2) is 5.16. The molecule has 0 aromatic heterocycles. The second-order valence-corrected chi connectivity index (χ2v) is 8.80. The van der Waals surface area contributed by atoms with Gasteiger partial charge < -0.3 is 10.4 Å². The van der Waals surface area contributed by atoms with Crippen LogP contribution in [0.1, 0.15) is 46.0 Å². The maximum Gasteiger partial charge on any atom is 0.116 e. The van der Waals surface area contributed by atoms with Crippen LogP contribution in [0.4, 0.5) is 4.39 Å². The minimum absolute atomic E-state index is 0.0157. The maximum absolute atomic E-state index is 14.7. The molecule has 4 aliphatic rings. The molecule has 0 bridgehead atoms. The molecule has 3 saturated carbocycles. The van der Waals surface area contributed by atoms with Gasteiger partial charge >= 0.3 is 0 Å². The Hall–Kier alpha value is -0.670. The van der Waals surface area contributed by atoms with E-state index in [4.69, 9.17) is 0 Å². The third-order valence-electron chi connectivity index (χ3n) is 7.96. The van der Waals surface area contributed by atoms with E-state index in [2.05, 4.69) is 31.3 Å². The third kappa shape index (κ3) is 2.05. The lowest BCUT2D eigenvalue weighted by Crippen LogP contribution is -2.53. The molecule has 4 rings (SSSR count). The normalized spacial score (nSPS) is 54.9. The molecule has 0 aromatic rings. The molecule has 0 radical (unpaired) electrons. The van der Waals surface area contributed by atoms with Crippen molar-refractivity contribution in [2.75, 3.05) is 7.05 Å². The quantitative estimate of drug-likeness (QED) is 0.724. The molecule has 2 N–H and O–H groups in total. The van der Waals surface area contributed by atoms with Crippen molar-refractivity contribution < 1.29 is 9.50 Å². The summed E-state index contributed by atoms with van der Waals surface area (Å²) < 4.78 is 14.7. The topological polar surface area (TPSA) is 32.3 Å². The van der Waals surface area contributed by atoms with Crippen molar-refractivity contribution in [3.63, 3.8) is 0 Å². The molecule has 3 heteroatoms. The molecule has 0 aromatic carbocycles. The average molecular weight is 319 g/mol. The number of rotatable bonds is 1. The van der Waals surface area contributed by atoms with Gasteiger partial charge in [-0.15, -0.1) is 0 Å². The Morgan fingerprint density at radius 2 is 2.04 bits per heavy atom. The number of hydrogen-bond acceptors (Lipinski definition) is 2. The van der Waals surface area contributed by atoms with Crippen LogP contribution >= 0.6 is 0 Å². The zero-order valence-electron chi connectivity index (χ0n) is 14.6. The molecule has 0 heterocycles. The highest BCUT2D eigenvalue weighted by atomic mass is 19.1. The molecule has 0 spiro atoms. The van der Waals surface area contributed by atoms with E-state index < -0.39 is 12.3 Å². The molecule has 3 fully saturated rings. The highest BCUT2D eigenvalue weighted by Gasteiger charge is 2.60.